The number of aromatic nitrogens is 4. The van der Waals surface area contributed by atoms with Gasteiger partial charge in [0.25, 0.3) is 17.0 Å². The van der Waals surface area contributed by atoms with Crippen LogP contribution in [-0.4, -0.2) is 29.0 Å². The Morgan fingerprint density at radius 3 is 2.40 bits per heavy atom. The number of anilines is 1. The zero-order valence-electron chi connectivity index (χ0n) is 23.2. The van der Waals surface area contributed by atoms with Crippen molar-refractivity contribution in [2.45, 2.75) is 20.8 Å². The fourth-order valence-corrected chi connectivity index (χ4v) is 6.08. The van der Waals surface area contributed by atoms with Gasteiger partial charge in [-0.05, 0) is 68.3 Å². The lowest BCUT2D eigenvalue weighted by molar-refractivity contribution is -0.113. The SMILES string of the molecule is Cc1cccc(Oc2nc3ccccn3c(=O)c2/C=C2/SC(=S)N(c3c(C)n(C)n(-c4ccccc4)c3=O)C2=O)c1C. The molecule has 0 N–H and O–H groups in total. The molecule has 0 unspecified atom stereocenters. The number of hydrogen-bond acceptors (Lipinski definition) is 7. The first kappa shape index (κ1) is 27.4. The lowest BCUT2D eigenvalue weighted by Gasteiger charge is -2.13. The smallest absolute Gasteiger partial charge is 0.296 e. The summed E-state index contributed by atoms with van der Waals surface area (Å²) in [5.41, 5.74) is 2.99. The minimum Gasteiger partial charge on any atom is -0.438 e. The van der Waals surface area contributed by atoms with Crippen LogP contribution < -0.4 is 20.8 Å². The molecule has 0 spiro atoms. The number of para-hydroxylation sites is 1. The predicted molar refractivity (Wildman–Crippen MR) is 169 cm³/mol. The fourth-order valence-electron chi connectivity index (χ4n) is 4.83. The maximum absolute atomic E-state index is 13.8. The van der Waals surface area contributed by atoms with E-state index < -0.39 is 11.5 Å². The molecule has 1 aliphatic rings. The minimum absolute atomic E-state index is 0.0625. The first-order valence-corrected chi connectivity index (χ1v) is 14.3. The van der Waals surface area contributed by atoms with Gasteiger partial charge in [0.2, 0.25) is 5.88 Å². The van der Waals surface area contributed by atoms with Crippen LogP contribution in [0.25, 0.3) is 17.4 Å². The minimum atomic E-state index is -0.508. The van der Waals surface area contributed by atoms with Gasteiger partial charge in [0.15, 0.2) is 4.32 Å². The molecule has 1 fully saturated rings. The van der Waals surface area contributed by atoms with Gasteiger partial charge in [0.05, 0.1) is 16.3 Å². The Hall–Kier alpha value is -4.74. The van der Waals surface area contributed by atoms with Crippen molar-refractivity contribution in [2.75, 3.05) is 4.90 Å². The molecule has 11 heteroatoms. The number of carbonyl (C=O) groups excluding carboxylic acids is 1. The number of ether oxygens (including phenoxy) is 1. The molecule has 6 rings (SSSR count). The number of amides is 1. The largest absolute Gasteiger partial charge is 0.438 e. The highest BCUT2D eigenvalue weighted by molar-refractivity contribution is 8.27. The van der Waals surface area contributed by atoms with Gasteiger partial charge in [0, 0.05) is 13.2 Å². The molecular formula is C31H25N5O4S2. The van der Waals surface area contributed by atoms with Crippen molar-refractivity contribution in [1.29, 1.82) is 0 Å². The Morgan fingerprint density at radius 1 is 0.905 bits per heavy atom. The molecule has 9 nitrogen and oxygen atoms in total. The van der Waals surface area contributed by atoms with E-state index in [1.807, 2.05) is 56.3 Å². The first-order valence-electron chi connectivity index (χ1n) is 13.0. The van der Waals surface area contributed by atoms with Gasteiger partial charge in [0.1, 0.15) is 22.6 Å². The van der Waals surface area contributed by atoms with Crippen LogP contribution in [0.3, 0.4) is 0 Å². The zero-order valence-corrected chi connectivity index (χ0v) is 24.8. The highest BCUT2D eigenvalue weighted by Gasteiger charge is 2.38. The molecule has 0 aliphatic carbocycles. The number of thioether (sulfide) groups is 1. The van der Waals surface area contributed by atoms with Gasteiger partial charge in [-0.25, -0.2) is 4.68 Å². The second kappa shape index (κ2) is 10.6. The average molecular weight is 596 g/mol. The van der Waals surface area contributed by atoms with Crippen molar-refractivity contribution in [3.05, 3.63) is 121 Å². The normalized spacial score (nSPS) is 14.4. The quantitative estimate of drug-likeness (QED) is 0.201. The second-order valence-corrected chi connectivity index (χ2v) is 11.5. The summed E-state index contributed by atoms with van der Waals surface area (Å²) in [5.74, 6) is 0.101. The number of fused-ring (bicyclic) bond motifs is 1. The van der Waals surface area contributed by atoms with Crippen molar-refractivity contribution in [3.63, 3.8) is 0 Å². The van der Waals surface area contributed by atoms with E-state index in [1.165, 1.54) is 20.1 Å². The predicted octanol–water partition coefficient (Wildman–Crippen LogP) is 5.31. The van der Waals surface area contributed by atoms with Crippen LogP contribution in [0.1, 0.15) is 22.4 Å². The molecule has 0 saturated carbocycles. The summed E-state index contributed by atoms with van der Waals surface area (Å²) < 4.78 is 11.0. The number of carbonyl (C=O) groups is 1. The van der Waals surface area contributed by atoms with E-state index in [9.17, 15) is 14.4 Å². The number of benzene rings is 2. The lowest BCUT2D eigenvalue weighted by Crippen LogP contribution is -2.33. The van der Waals surface area contributed by atoms with E-state index in [2.05, 4.69) is 4.98 Å². The Kier molecular flexibility index (Phi) is 6.91. The van der Waals surface area contributed by atoms with Gasteiger partial charge < -0.3 is 4.74 Å². The maximum Gasteiger partial charge on any atom is 0.296 e. The highest BCUT2D eigenvalue weighted by Crippen LogP contribution is 2.37. The van der Waals surface area contributed by atoms with Crippen LogP contribution in [0.5, 0.6) is 11.6 Å². The van der Waals surface area contributed by atoms with E-state index >= 15 is 0 Å². The summed E-state index contributed by atoms with van der Waals surface area (Å²) in [6.45, 7) is 5.65. The Labute approximate surface area is 250 Å². The van der Waals surface area contributed by atoms with Crippen molar-refractivity contribution >= 4 is 51.6 Å². The van der Waals surface area contributed by atoms with Crippen LogP contribution in [0.2, 0.25) is 0 Å². The molecule has 2 aromatic carbocycles. The molecule has 0 atom stereocenters. The third kappa shape index (κ3) is 4.47. The van der Waals surface area contributed by atoms with Crippen LogP contribution >= 0.6 is 24.0 Å². The van der Waals surface area contributed by atoms with E-state index in [1.54, 1.807) is 49.1 Å². The van der Waals surface area contributed by atoms with Crippen molar-refractivity contribution in [3.8, 4) is 17.3 Å². The molecular weight excluding hydrogens is 571 g/mol. The van der Waals surface area contributed by atoms with Gasteiger partial charge in [-0.2, -0.15) is 4.98 Å². The molecule has 4 heterocycles. The molecule has 210 valence electrons. The molecule has 1 saturated heterocycles. The lowest BCUT2D eigenvalue weighted by atomic mass is 10.1. The number of pyridine rings is 1. The molecule has 0 bridgehead atoms. The van der Waals surface area contributed by atoms with Gasteiger partial charge >= 0.3 is 0 Å². The van der Waals surface area contributed by atoms with Crippen LogP contribution in [-0.2, 0) is 11.8 Å². The average Bonchev–Trinajstić information content (AvgIpc) is 3.37. The fraction of sp³-hybridized carbons (Fsp3) is 0.129. The monoisotopic (exact) mass is 595 g/mol. The van der Waals surface area contributed by atoms with Crippen LogP contribution in [0.4, 0.5) is 5.69 Å². The molecule has 1 aliphatic heterocycles. The zero-order chi connectivity index (χ0) is 29.7. The van der Waals surface area contributed by atoms with Gasteiger partial charge in [-0.3, -0.25) is 28.4 Å². The summed E-state index contributed by atoms with van der Waals surface area (Å²) in [6.07, 6.45) is 3.05. The highest BCUT2D eigenvalue weighted by atomic mass is 32.2. The third-order valence-electron chi connectivity index (χ3n) is 7.31. The summed E-state index contributed by atoms with van der Waals surface area (Å²) in [5, 5.41) is 0. The van der Waals surface area contributed by atoms with Gasteiger partial charge in [-0.15, -0.1) is 0 Å². The molecule has 3 aromatic heterocycles. The summed E-state index contributed by atoms with van der Waals surface area (Å²) in [4.78, 5) is 47.2. The molecule has 5 aromatic rings. The topological polar surface area (TPSA) is 90.8 Å². The van der Waals surface area contributed by atoms with Gasteiger partial charge in [-0.1, -0.05) is 60.4 Å². The summed E-state index contributed by atoms with van der Waals surface area (Å²) >= 11 is 6.61. The molecule has 1 amide bonds. The number of thiocarbonyl (C=S) groups is 1. The van der Waals surface area contributed by atoms with E-state index in [0.29, 0.717) is 22.8 Å². The Balaban J connectivity index is 1.47. The number of hydrogen-bond donors (Lipinski definition) is 0. The number of rotatable bonds is 5. The summed E-state index contributed by atoms with van der Waals surface area (Å²) in [7, 11) is 1.75. The van der Waals surface area contributed by atoms with Crippen molar-refractivity contribution < 1.29 is 9.53 Å². The first-order chi connectivity index (χ1) is 20.2. The maximum atomic E-state index is 13.8. The number of nitrogens with zero attached hydrogens (tertiary/aromatic N) is 5. The Bertz CT molecular complexity index is 2080. The number of aryl methyl sites for hydroxylation is 1. The van der Waals surface area contributed by atoms with E-state index in [4.69, 9.17) is 17.0 Å². The van der Waals surface area contributed by atoms with E-state index in [0.717, 1.165) is 22.9 Å². The molecule has 0 radical (unpaired) electrons. The third-order valence-corrected chi connectivity index (χ3v) is 8.61. The van der Waals surface area contributed by atoms with E-state index in [-0.39, 0.29) is 31.9 Å². The summed E-state index contributed by atoms with van der Waals surface area (Å²) in [6, 6.07) is 20.0. The van der Waals surface area contributed by atoms with Crippen LogP contribution in [0, 0.1) is 20.8 Å². The van der Waals surface area contributed by atoms with Crippen molar-refractivity contribution in [2.24, 2.45) is 7.05 Å². The van der Waals surface area contributed by atoms with Crippen molar-refractivity contribution in [1.82, 2.24) is 18.7 Å². The second-order valence-electron chi connectivity index (χ2n) is 9.79. The van der Waals surface area contributed by atoms with Crippen LogP contribution in [0.15, 0.2) is 87.4 Å². The Morgan fingerprint density at radius 2 is 1.64 bits per heavy atom. The molecule has 42 heavy (non-hydrogen) atoms. The standard InChI is InChI=1S/C31H25N5O4S2/c1-18-11-10-14-23(19(18)2)40-27-22(28(37)34-16-9-8-15-25(34)32-27)17-24-29(38)35(31(41)42-24)26-20(3)33(4)36(30(26)39)21-12-6-5-7-13-21/h5-17H,1-4H3/b24-17+.